The Bertz CT molecular complexity index is 1770. The highest BCUT2D eigenvalue weighted by molar-refractivity contribution is 7.08. The van der Waals surface area contributed by atoms with Crippen molar-refractivity contribution >= 4 is 46.5 Å². The Morgan fingerprint density at radius 1 is 1.17 bits per heavy atom. The molecule has 3 heterocycles. The van der Waals surface area contributed by atoms with E-state index in [1.165, 1.54) is 22.3 Å². The largest absolute Gasteiger partial charge is 0.507 e. The maximum atomic E-state index is 13.8. The summed E-state index contributed by atoms with van der Waals surface area (Å²) in [6.45, 7) is 5.63. The lowest BCUT2D eigenvalue weighted by Crippen LogP contribution is -2.57. The molecule has 1 aliphatic rings. The second kappa shape index (κ2) is 14.1. The molecule has 4 aromatic rings. The van der Waals surface area contributed by atoms with Gasteiger partial charge in [0.15, 0.2) is 0 Å². The molecule has 238 valence electrons. The summed E-state index contributed by atoms with van der Waals surface area (Å²) in [5.74, 6) is 5.28. The Morgan fingerprint density at radius 3 is 2.67 bits per heavy atom. The number of hydrogen-bond acceptors (Lipinski definition) is 8. The third-order valence-corrected chi connectivity index (χ3v) is 7.80. The van der Waals surface area contributed by atoms with Crippen LogP contribution in [0.5, 0.6) is 5.75 Å². The number of thiophene rings is 1. The molecule has 1 aliphatic heterocycles. The number of nitrogens with zero attached hydrogens (tertiary/aromatic N) is 2. The molecule has 2 aromatic heterocycles. The molecule has 4 N–H and O–H groups in total. The van der Waals surface area contributed by atoms with Crippen LogP contribution in [0.15, 0.2) is 65.5 Å². The van der Waals surface area contributed by atoms with Crippen molar-refractivity contribution in [3.8, 4) is 28.8 Å². The van der Waals surface area contributed by atoms with Gasteiger partial charge in [0.05, 0.1) is 30.7 Å². The number of carbonyl (C=O) groups excluding carboxylic acids is 3. The smallest absolute Gasteiger partial charge is 0.408 e. The van der Waals surface area contributed by atoms with Crippen LogP contribution in [-0.2, 0) is 19.1 Å². The van der Waals surface area contributed by atoms with E-state index in [0.717, 1.165) is 0 Å². The van der Waals surface area contributed by atoms with E-state index in [9.17, 15) is 19.5 Å². The van der Waals surface area contributed by atoms with Gasteiger partial charge >= 0.3 is 6.09 Å². The zero-order chi connectivity index (χ0) is 32.8. The van der Waals surface area contributed by atoms with Crippen molar-refractivity contribution in [1.29, 1.82) is 0 Å². The topological polar surface area (TPSA) is 146 Å². The number of benzene rings is 2. The van der Waals surface area contributed by atoms with Crippen molar-refractivity contribution in [3.05, 3.63) is 87.2 Å². The number of H-pyrrole nitrogens is 1. The fourth-order valence-corrected chi connectivity index (χ4v) is 5.56. The van der Waals surface area contributed by atoms with Crippen LogP contribution < -0.4 is 10.6 Å². The average Bonchev–Trinajstić information content (AvgIpc) is 3.72. The third kappa shape index (κ3) is 8.06. The van der Waals surface area contributed by atoms with Crippen molar-refractivity contribution < 1.29 is 29.0 Å². The predicted octanol–water partition coefficient (Wildman–Crippen LogP) is 5.33. The molecule has 0 spiro atoms. The van der Waals surface area contributed by atoms with Crippen LogP contribution in [0.25, 0.3) is 11.3 Å². The van der Waals surface area contributed by atoms with Crippen LogP contribution >= 0.6 is 22.9 Å². The number of phenolic OH excluding ortho intramolecular Hbond substituents is 1. The second-order valence-corrected chi connectivity index (χ2v) is 12.6. The number of morpholine rings is 1. The SMILES string of the molecule is CC(C)(C)OC(=O)N[C@@H](C(=O)N1CCOC[C@H]1C(=O)Nc1ccc(C#Cc2cn[nH]c2-c2cc(Cl)ccc2O)cc1)c1ccsc1. The van der Waals surface area contributed by atoms with E-state index >= 15 is 0 Å². The number of amides is 3. The standard InChI is InChI=1S/C33H32ClN5O6S/c1-33(2,3)45-32(43)37-29(22-12-15-46-19-22)31(42)39-13-14-44-18-26(39)30(41)36-24-9-5-20(6-10-24)4-7-21-17-35-38-28(21)25-16-23(34)8-11-27(25)40/h5-6,8-12,15-17,19,26,29,40H,13-14,18H2,1-3H3,(H,35,38)(H,36,41)(H,37,43)/t26-,29+/m0/s1. The lowest BCUT2D eigenvalue weighted by molar-refractivity contribution is -0.148. The summed E-state index contributed by atoms with van der Waals surface area (Å²) >= 11 is 7.49. The molecule has 0 radical (unpaired) electrons. The van der Waals surface area contributed by atoms with E-state index in [2.05, 4.69) is 32.7 Å². The number of ether oxygens (including phenoxy) is 2. The van der Waals surface area contributed by atoms with Gasteiger partial charge in [-0.15, -0.1) is 0 Å². The van der Waals surface area contributed by atoms with Crippen LogP contribution in [-0.4, -0.2) is 69.5 Å². The Morgan fingerprint density at radius 2 is 1.96 bits per heavy atom. The number of anilines is 1. The molecule has 1 fully saturated rings. The van der Waals surface area contributed by atoms with E-state index in [-0.39, 0.29) is 25.5 Å². The van der Waals surface area contributed by atoms with Crippen molar-refractivity contribution in [3.63, 3.8) is 0 Å². The molecule has 0 unspecified atom stereocenters. The minimum Gasteiger partial charge on any atom is -0.507 e. The molecule has 46 heavy (non-hydrogen) atoms. The van der Waals surface area contributed by atoms with Crippen molar-refractivity contribution in [1.82, 2.24) is 20.4 Å². The summed E-state index contributed by atoms with van der Waals surface area (Å²) in [5.41, 5.74) is 2.60. The average molecular weight is 662 g/mol. The quantitative estimate of drug-likeness (QED) is 0.204. The number of aromatic hydroxyl groups is 1. The van der Waals surface area contributed by atoms with Gasteiger partial charge in [-0.2, -0.15) is 16.4 Å². The Kier molecular flexibility index (Phi) is 9.96. The molecule has 13 heteroatoms. The van der Waals surface area contributed by atoms with Crippen LogP contribution in [0.4, 0.5) is 10.5 Å². The van der Waals surface area contributed by atoms with Gasteiger partial charge < -0.3 is 30.1 Å². The number of alkyl carbamates (subject to hydrolysis) is 1. The highest BCUT2D eigenvalue weighted by Crippen LogP contribution is 2.32. The minimum atomic E-state index is -1.04. The molecule has 2 aromatic carbocycles. The zero-order valence-electron chi connectivity index (χ0n) is 25.3. The van der Waals surface area contributed by atoms with E-state index in [0.29, 0.717) is 38.7 Å². The van der Waals surface area contributed by atoms with Gasteiger partial charge in [0, 0.05) is 28.4 Å². The molecule has 0 saturated carbocycles. The Labute approximate surface area is 274 Å². The normalized spacial score (nSPS) is 15.3. The van der Waals surface area contributed by atoms with Gasteiger partial charge in [-0.25, -0.2) is 4.79 Å². The van der Waals surface area contributed by atoms with Gasteiger partial charge in [0.2, 0.25) is 5.91 Å². The second-order valence-electron chi connectivity index (χ2n) is 11.4. The monoisotopic (exact) mass is 661 g/mol. The molecule has 3 amide bonds. The molecule has 11 nitrogen and oxygen atoms in total. The first-order chi connectivity index (χ1) is 22.0. The number of carbonyl (C=O) groups is 3. The number of rotatable bonds is 6. The van der Waals surface area contributed by atoms with E-state index in [1.54, 1.807) is 74.8 Å². The van der Waals surface area contributed by atoms with Gasteiger partial charge in [0.1, 0.15) is 23.4 Å². The maximum Gasteiger partial charge on any atom is 0.408 e. The number of nitrogens with one attached hydrogen (secondary N) is 3. The molecule has 1 saturated heterocycles. The highest BCUT2D eigenvalue weighted by Gasteiger charge is 2.38. The summed E-state index contributed by atoms with van der Waals surface area (Å²) < 4.78 is 11.0. The van der Waals surface area contributed by atoms with Crippen molar-refractivity contribution in [2.75, 3.05) is 25.1 Å². The predicted molar refractivity (Wildman–Crippen MR) is 174 cm³/mol. The first-order valence-electron chi connectivity index (χ1n) is 14.3. The summed E-state index contributed by atoms with van der Waals surface area (Å²) in [6, 6.07) is 11.4. The molecular weight excluding hydrogens is 630 g/mol. The third-order valence-electron chi connectivity index (χ3n) is 6.86. The lowest BCUT2D eigenvalue weighted by Gasteiger charge is -2.36. The fraction of sp³-hybridized carbons (Fsp3) is 0.273. The zero-order valence-corrected chi connectivity index (χ0v) is 26.9. The van der Waals surface area contributed by atoms with E-state index in [4.69, 9.17) is 21.1 Å². The fourth-order valence-electron chi connectivity index (χ4n) is 4.70. The lowest BCUT2D eigenvalue weighted by atomic mass is 10.1. The highest BCUT2D eigenvalue weighted by atomic mass is 35.5. The van der Waals surface area contributed by atoms with Crippen LogP contribution in [0, 0.1) is 11.8 Å². The molecule has 5 rings (SSSR count). The molecule has 0 aliphatic carbocycles. The van der Waals surface area contributed by atoms with Gasteiger partial charge in [-0.1, -0.05) is 23.4 Å². The first kappa shape index (κ1) is 32.6. The van der Waals surface area contributed by atoms with Gasteiger partial charge in [-0.3, -0.25) is 14.7 Å². The summed E-state index contributed by atoms with van der Waals surface area (Å²) in [4.78, 5) is 41.3. The van der Waals surface area contributed by atoms with E-state index < -0.39 is 35.6 Å². The first-order valence-corrected chi connectivity index (χ1v) is 15.7. The van der Waals surface area contributed by atoms with Crippen LogP contribution in [0.3, 0.4) is 0 Å². The number of aromatic nitrogens is 2. The summed E-state index contributed by atoms with van der Waals surface area (Å²) in [7, 11) is 0. The minimum absolute atomic E-state index is 0.000852. The Hall–Kier alpha value is -4.83. The van der Waals surface area contributed by atoms with Crippen LogP contribution in [0.2, 0.25) is 5.02 Å². The van der Waals surface area contributed by atoms with Crippen LogP contribution in [0.1, 0.15) is 43.5 Å². The van der Waals surface area contributed by atoms with E-state index in [1.807, 2.05) is 5.38 Å². The number of aromatic amines is 1. The molecule has 0 bridgehead atoms. The number of phenols is 1. The molecule has 2 atom stereocenters. The number of halogens is 1. The number of hydrogen-bond donors (Lipinski definition) is 4. The van der Waals surface area contributed by atoms with Gasteiger partial charge in [-0.05, 0) is 85.6 Å². The Balaban J connectivity index is 1.27. The summed E-state index contributed by atoms with van der Waals surface area (Å²) in [5, 5.41) is 26.7. The maximum absolute atomic E-state index is 13.8. The van der Waals surface area contributed by atoms with Crippen molar-refractivity contribution in [2.24, 2.45) is 0 Å². The summed E-state index contributed by atoms with van der Waals surface area (Å²) in [6.07, 6.45) is 0.823. The van der Waals surface area contributed by atoms with Crippen molar-refractivity contribution in [2.45, 2.75) is 38.5 Å². The molecular formula is C33H32ClN5O6S. The van der Waals surface area contributed by atoms with Gasteiger partial charge in [0.25, 0.3) is 5.91 Å².